The number of nitrogen functional groups attached to an aromatic ring is 1. The number of hydrogen-bond donors (Lipinski definition) is 2. The Hall–Kier alpha value is -1.97. The largest absolute Gasteiger partial charge is 0.464 e. The molecule has 2 rings (SSSR count). The van der Waals surface area contributed by atoms with E-state index in [1.54, 1.807) is 24.3 Å². The van der Waals surface area contributed by atoms with Gasteiger partial charge in [0.15, 0.2) is 0 Å². The Morgan fingerprint density at radius 2 is 2.15 bits per heavy atom. The van der Waals surface area contributed by atoms with E-state index in [0.29, 0.717) is 11.2 Å². The molecule has 0 amide bonds. The first-order chi connectivity index (χ1) is 6.20. The maximum absolute atomic E-state index is 10.7. The Kier molecular flexibility index (Phi) is 1.48. The van der Waals surface area contributed by atoms with Crippen LogP contribution in [0.3, 0.4) is 0 Å². The van der Waals surface area contributed by atoms with Crippen molar-refractivity contribution in [3.8, 4) is 0 Å². The lowest BCUT2D eigenvalue weighted by Crippen LogP contribution is -2.05. The molecule has 3 N–H and O–H groups in total. The smallest absolute Gasteiger partial charge is 0.416 e. The number of nitrogens with two attached hydrogens (primary N) is 1. The van der Waals surface area contributed by atoms with Crippen LogP contribution in [0.15, 0.2) is 30.5 Å². The van der Waals surface area contributed by atoms with Crippen LogP contribution in [0, 0.1) is 0 Å². The number of rotatable bonds is 0. The zero-order valence-corrected chi connectivity index (χ0v) is 6.77. The number of fused-ring (bicyclic) bond motifs is 1. The van der Waals surface area contributed by atoms with Crippen LogP contribution in [0.2, 0.25) is 0 Å². The van der Waals surface area contributed by atoms with Crippen LogP contribution >= 0.6 is 0 Å². The predicted octanol–water partition coefficient (Wildman–Crippen LogP) is 1.75. The summed E-state index contributed by atoms with van der Waals surface area (Å²) in [6.07, 6.45) is 0.490. The molecule has 4 nitrogen and oxygen atoms in total. The summed E-state index contributed by atoms with van der Waals surface area (Å²) < 4.78 is 1.14. The minimum atomic E-state index is -0.999. The van der Waals surface area contributed by atoms with Gasteiger partial charge in [0.2, 0.25) is 0 Å². The highest BCUT2D eigenvalue weighted by Crippen LogP contribution is 2.21. The van der Waals surface area contributed by atoms with Crippen molar-refractivity contribution in [1.29, 1.82) is 0 Å². The van der Waals surface area contributed by atoms with Crippen molar-refractivity contribution in [3.63, 3.8) is 0 Å². The Labute approximate surface area is 74.2 Å². The van der Waals surface area contributed by atoms with E-state index in [1.165, 1.54) is 6.20 Å². The van der Waals surface area contributed by atoms with Crippen molar-refractivity contribution in [2.24, 2.45) is 0 Å². The van der Waals surface area contributed by atoms with E-state index >= 15 is 0 Å². The molecule has 13 heavy (non-hydrogen) atoms. The van der Waals surface area contributed by atoms with Gasteiger partial charge in [-0.3, -0.25) is 4.57 Å². The van der Waals surface area contributed by atoms with Gasteiger partial charge in [0.05, 0.1) is 5.52 Å². The highest BCUT2D eigenvalue weighted by atomic mass is 16.4. The monoisotopic (exact) mass is 176 g/mol. The summed E-state index contributed by atoms with van der Waals surface area (Å²) in [6, 6.07) is 6.89. The molecule has 2 aromatic rings. The molecule has 1 aromatic heterocycles. The molecule has 0 spiro atoms. The summed E-state index contributed by atoms with van der Waals surface area (Å²) in [4.78, 5) is 10.7. The summed E-state index contributed by atoms with van der Waals surface area (Å²) in [5.41, 5.74) is 6.88. The molecule has 0 aliphatic heterocycles. The van der Waals surface area contributed by atoms with Crippen LogP contribution in [0.4, 0.5) is 10.5 Å². The van der Waals surface area contributed by atoms with Crippen molar-refractivity contribution in [3.05, 3.63) is 30.5 Å². The van der Waals surface area contributed by atoms with Crippen molar-refractivity contribution >= 4 is 22.7 Å². The van der Waals surface area contributed by atoms with Gasteiger partial charge < -0.3 is 10.8 Å². The first-order valence-corrected chi connectivity index (χ1v) is 3.79. The molecule has 0 atom stereocenters. The fraction of sp³-hybridized carbons (Fsp3) is 0. The first-order valence-electron chi connectivity index (χ1n) is 3.79. The van der Waals surface area contributed by atoms with Crippen molar-refractivity contribution < 1.29 is 9.90 Å². The number of anilines is 1. The third-order valence-corrected chi connectivity index (χ3v) is 1.97. The van der Waals surface area contributed by atoms with Gasteiger partial charge >= 0.3 is 6.09 Å². The Bertz CT molecular complexity index is 473. The summed E-state index contributed by atoms with van der Waals surface area (Å²) in [5.74, 6) is 0. The average Bonchev–Trinajstić information content (AvgIpc) is 2.48. The zero-order chi connectivity index (χ0) is 9.42. The van der Waals surface area contributed by atoms with E-state index in [9.17, 15) is 4.79 Å². The summed E-state index contributed by atoms with van der Waals surface area (Å²) in [6.45, 7) is 0. The molecule has 0 unspecified atom stereocenters. The number of aromatic nitrogens is 1. The molecule has 0 aliphatic rings. The molecule has 0 fully saturated rings. The number of hydrogen-bond acceptors (Lipinski definition) is 2. The van der Waals surface area contributed by atoms with Crippen LogP contribution < -0.4 is 5.73 Å². The molecule has 0 saturated heterocycles. The van der Waals surface area contributed by atoms with Crippen LogP contribution in [0.1, 0.15) is 0 Å². The lowest BCUT2D eigenvalue weighted by molar-refractivity contribution is 0.197. The predicted molar refractivity (Wildman–Crippen MR) is 49.8 cm³/mol. The minimum Gasteiger partial charge on any atom is -0.464 e. The Morgan fingerprint density at radius 3 is 2.85 bits per heavy atom. The standard InChI is InChI=1S/C9H8N2O2/c10-7-2-1-3-8-6(7)4-5-11(8)9(12)13/h1-5H,10H2,(H,12,13). The second kappa shape index (κ2) is 2.52. The topological polar surface area (TPSA) is 68.2 Å². The zero-order valence-electron chi connectivity index (χ0n) is 6.77. The molecule has 0 radical (unpaired) electrons. The summed E-state index contributed by atoms with van der Waals surface area (Å²) in [5, 5.41) is 9.55. The van der Waals surface area contributed by atoms with E-state index in [-0.39, 0.29) is 0 Å². The van der Waals surface area contributed by atoms with E-state index in [4.69, 9.17) is 10.8 Å². The van der Waals surface area contributed by atoms with Gasteiger partial charge in [0.1, 0.15) is 0 Å². The highest BCUT2D eigenvalue weighted by Gasteiger charge is 2.07. The average molecular weight is 176 g/mol. The first kappa shape index (κ1) is 7.67. The van der Waals surface area contributed by atoms with E-state index in [0.717, 1.165) is 9.95 Å². The van der Waals surface area contributed by atoms with E-state index in [1.807, 2.05) is 0 Å². The number of nitrogens with zero attached hydrogens (tertiary/aromatic N) is 1. The number of carbonyl (C=O) groups is 1. The van der Waals surface area contributed by atoms with Gasteiger partial charge in [-0.25, -0.2) is 4.79 Å². The van der Waals surface area contributed by atoms with Gasteiger partial charge in [0.25, 0.3) is 0 Å². The van der Waals surface area contributed by atoms with Gasteiger partial charge in [-0.05, 0) is 18.2 Å². The van der Waals surface area contributed by atoms with Crippen molar-refractivity contribution in [1.82, 2.24) is 4.57 Å². The maximum atomic E-state index is 10.7. The normalized spacial score (nSPS) is 10.5. The van der Waals surface area contributed by atoms with Crippen LogP contribution in [-0.4, -0.2) is 15.8 Å². The maximum Gasteiger partial charge on any atom is 0.416 e. The fourth-order valence-electron chi connectivity index (χ4n) is 1.36. The molecule has 4 heteroatoms. The van der Waals surface area contributed by atoms with Crippen LogP contribution in [0.5, 0.6) is 0 Å². The minimum absolute atomic E-state index is 0.595. The van der Waals surface area contributed by atoms with Crippen LogP contribution in [-0.2, 0) is 0 Å². The second-order valence-corrected chi connectivity index (χ2v) is 2.75. The van der Waals surface area contributed by atoms with E-state index < -0.39 is 6.09 Å². The van der Waals surface area contributed by atoms with Crippen molar-refractivity contribution in [2.45, 2.75) is 0 Å². The van der Waals surface area contributed by atoms with Gasteiger partial charge in [-0.15, -0.1) is 0 Å². The third kappa shape index (κ3) is 1.03. The lowest BCUT2D eigenvalue weighted by Gasteiger charge is -1.98. The van der Waals surface area contributed by atoms with Gasteiger partial charge in [-0.2, -0.15) is 0 Å². The van der Waals surface area contributed by atoms with Crippen LogP contribution in [0.25, 0.3) is 10.9 Å². The highest BCUT2D eigenvalue weighted by molar-refractivity contribution is 5.95. The lowest BCUT2D eigenvalue weighted by atomic mass is 10.2. The molecule has 1 aromatic carbocycles. The molecule has 1 heterocycles. The molecule has 0 saturated carbocycles. The summed E-state index contributed by atoms with van der Waals surface area (Å²) in [7, 11) is 0. The molecular formula is C9H8N2O2. The molecule has 0 bridgehead atoms. The second-order valence-electron chi connectivity index (χ2n) is 2.75. The van der Waals surface area contributed by atoms with Gasteiger partial charge in [0, 0.05) is 17.3 Å². The van der Waals surface area contributed by atoms with Crippen molar-refractivity contribution in [2.75, 3.05) is 5.73 Å². The molecule has 66 valence electrons. The number of benzene rings is 1. The molecule has 0 aliphatic carbocycles. The third-order valence-electron chi connectivity index (χ3n) is 1.97. The van der Waals surface area contributed by atoms with E-state index in [2.05, 4.69) is 0 Å². The van der Waals surface area contributed by atoms with Gasteiger partial charge in [-0.1, -0.05) is 6.07 Å². The Balaban J connectivity index is 2.83. The molecular weight excluding hydrogens is 168 g/mol. The summed E-state index contributed by atoms with van der Waals surface area (Å²) >= 11 is 0. The number of carboxylic acid groups (broad SMARTS) is 1. The Morgan fingerprint density at radius 1 is 1.38 bits per heavy atom. The quantitative estimate of drug-likeness (QED) is 0.601. The SMILES string of the molecule is Nc1cccc2c1ccn2C(=O)O. The fourth-order valence-corrected chi connectivity index (χ4v) is 1.36.